The van der Waals surface area contributed by atoms with E-state index in [1.165, 1.54) is 7.11 Å². The van der Waals surface area contributed by atoms with Crippen LogP contribution in [0.3, 0.4) is 0 Å². The second-order valence-corrected chi connectivity index (χ2v) is 5.31. The molecular formula is C18H20O5. The molecule has 0 aliphatic heterocycles. The molecule has 0 spiro atoms. The standard InChI is InChI=1S/C18H20O5/c1-18(17(19)20,12-13-8-10-14(21-2)11-9-13)23-16-7-5-4-6-15(16)22-3/h4-11H,12H2,1-3H3,(H,19,20). The van der Waals surface area contributed by atoms with Crippen molar-refractivity contribution in [1.29, 1.82) is 0 Å². The summed E-state index contributed by atoms with van der Waals surface area (Å²) in [5.74, 6) is 0.568. The van der Waals surface area contributed by atoms with Gasteiger partial charge >= 0.3 is 5.97 Å². The van der Waals surface area contributed by atoms with Gasteiger partial charge in [-0.2, -0.15) is 0 Å². The summed E-state index contributed by atoms with van der Waals surface area (Å²) in [6.45, 7) is 1.55. The highest BCUT2D eigenvalue weighted by molar-refractivity contribution is 5.78. The van der Waals surface area contributed by atoms with Crippen molar-refractivity contribution in [2.24, 2.45) is 0 Å². The van der Waals surface area contributed by atoms with Crippen LogP contribution in [0.4, 0.5) is 0 Å². The molecule has 1 N–H and O–H groups in total. The van der Waals surface area contributed by atoms with Gasteiger partial charge in [0.25, 0.3) is 0 Å². The minimum Gasteiger partial charge on any atom is -0.497 e. The van der Waals surface area contributed by atoms with E-state index in [1.807, 2.05) is 12.1 Å². The predicted molar refractivity (Wildman–Crippen MR) is 86.4 cm³/mol. The van der Waals surface area contributed by atoms with Crippen molar-refractivity contribution in [1.82, 2.24) is 0 Å². The van der Waals surface area contributed by atoms with Crippen molar-refractivity contribution in [2.45, 2.75) is 18.9 Å². The summed E-state index contributed by atoms with van der Waals surface area (Å²) < 4.78 is 16.1. The van der Waals surface area contributed by atoms with Gasteiger partial charge in [-0.1, -0.05) is 24.3 Å². The third kappa shape index (κ3) is 3.94. The van der Waals surface area contributed by atoms with Crippen LogP contribution in [-0.4, -0.2) is 30.9 Å². The summed E-state index contributed by atoms with van der Waals surface area (Å²) in [7, 11) is 3.10. The molecular weight excluding hydrogens is 296 g/mol. The molecule has 0 heterocycles. The summed E-state index contributed by atoms with van der Waals surface area (Å²) in [6, 6.07) is 14.2. The Bertz CT molecular complexity index is 665. The van der Waals surface area contributed by atoms with Crippen LogP contribution in [0.5, 0.6) is 17.2 Å². The molecule has 5 nitrogen and oxygen atoms in total. The number of para-hydroxylation sites is 2. The minimum atomic E-state index is -1.41. The van der Waals surface area contributed by atoms with Gasteiger partial charge < -0.3 is 19.3 Å². The minimum absolute atomic E-state index is 0.213. The van der Waals surface area contributed by atoms with Crippen LogP contribution in [0.15, 0.2) is 48.5 Å². The van der Waals surface area contributed by atoms with Gasteiger partial charge in [0.2, 0.25) is 5.60 Å². The number of hydrogen-bond acceptors (Lipinski definition) is 4. The van der Waals surface area contributed by atoms with E-state index in [2.05, 4.69) is 0 Å². The lowest BCUT2D eigenvalue weighted by atomic mass is 9.96. The Labute approximate surface area is 135 Å². The number of rotatable bonds is 7. The summed E-state index contributed by atoms with van der Waals surface area (Å²) in [5.41, 5.74) is -0.575. The lowest BCUT2D eigenvalue weighted by Gasteiger charge is -2.27. The fourth-order valence-electron chi connectivity index (χ4n) is 2.23. The summed E-state index contributed by atoms with van der Waals surface area (Å²) in [5, 5.41) is 9.63. The molecule has 1 unspecified atom stereocenters. The van der Waals surface area contributed by atoms with E-state index in [1.54, 1.807) is 50.4 Å². The van der Waals surface area contributed by atoms with Crippen molar-refractivity contribution in [3.8, 4) is 17.2 Å². The molecule has 0 saturated heterocycles. The number of carboxylic acid groups (broad SMARTS) is 1. The van der Waals surface area contributed by atoms with Crippen LogP contribution in [0.25, 0.3) is 0 Å². The SMILES string of the molecule is COc1ccc(CC(C)(Oc2ccccc2OC)C(=O)O)cc1. The van der Waals surface area contributed by atoms with Gasteiger partial charge in [0.15, 0.2) is 11.5 Å². The molecule has 0 bridgehead atoms. The van der Waals surface area contributed by atoms with Gasteiger partial charge in [-0.25, -0.2) is 4.79 Å². The van der Waals surface area contributed by atoms with Gasteiger partial charge in [-0.3, -0.25) is 0 Å². The summed E-state index contributed by atoms with van der Waals surface area (Å²) >= 11 is 0. The quantitative estimate of drug-likeness (QED) is 0.850. The molecule has 5 heteroatoms. The van der Waals surface area contributed by atoms with E-state index in [9.17, 15) is 9.90 Å². The largest absolute Gasteiger partial charge is 0.497 e. The topological polar surface area (TPSA) is 65.0 Å². The Morgan fingerprint density at radius 3 is 2.13 bits per heavy atom. The lowest BCUT2D eigenvalue weighted by molar-refractivity contribution is -0.153. The smallest absolute Gasteiger partial charge is 0.348 e. The average Bonchev–Trinajstić information content (AvgIpc) is 2.56. The lowest BCUT2D eigenvalue weighted by Crippen LogP contribution is -2.43. The van der Waals surface area contributed by atoms with Gasteiger partial charge in [0.05, 0.1) is 14.2 Å². The molecule has 0 fully saturated rings. The summed E-state index contributed by atoms with van der Waals surface area (Å²) in [6.07, 6.45) is 0.213. The molecule has 0 aromatic heterocycles. The Hall–Kier alpha value is -2.69. The van der Waals surface area contributed by atoms with E-state index in [0.717, 1.165) is 11.3 Å². The van der Waals surface area contributed by atoms with Crippen LogP contribution in [0.2, 0.25) is 0 Å². The number of carbonyl (C=O) groups is 1. The molecule has 1 atom stereocenters. The monoisotopic (exact) mass is 316 g/mol. The summed E-state index contributed by atoms with van der Waals surface area (Å²) in [4.78, 5) is 11.8. The normalized spacial score (nSPS) is 13.0. The maximum Gasteiger partial charge on any atom is 0.348 e. The van der Waals surface area contributed by atoms with Crippen LogP contribution in [0, 0.1) is 0 Å². The van der Waals surface area contributed by atoms with Crippen molar-refractivity contribution in [2.75, 3.05) is 14.2 Å². The highest BCUT2D eigenvalue weighted by Crippen LogP contribution is 2.31. The molecule has 0 aliphatic rings. The second-order valence-electron chi connectivity index (χ2n) is 5.31. The fraction of sp³-hybridized carbons (Fsp3) is 0.278. The zero-order chi connectivity index (χ0) is 16.9. The van der Waals surface area contributed by atoms with Gasteiger partial charge in [0.1, 0.15) is 5.75 Å². The van der Waals surface area contributed by atoms with Crippen molar-refractivity contribution in [3.05, 3.63) is 54.1 Å². The van der Waals surface area contributed by atoms with Crippen LogP contribution in [-0.2, 0) is 11.2 Å². The van der Waals surface area contributed by atoms with Crippen molar-refractivity contribution < 1.29 is 24.1 Å². The van der Waals surface area contributed by atoms with Crippen LogP contribution >= 0.6 is 0 Å². The number of aliphatic carboxylic acids is 1. The molecule has 0 amide bonds. The fourth-order valence-corrected chi connectivity index (χ4v) is 2.23. The first-order chi connectivity index (χ1) is 11.0. The molecule has 2 rings (SSSR count). The van der Waals surface area contributed by atoms with Crippen LogP contribution < -0.4 is 14.2 Å². The Morgan fingerprint density at radius 2 is 1.61 bits per heavy atom. The highest BCUT2D eigenvalue weighted by Gasteiger charge is 2.36. The number of ether oxygens (including phenoxy) is 3. The Morgan fingerprint density at radius 1 is 1.00 bits per heavy atom. The Kier molecular flexibility index (Phi) is 5.11. The van der Waals surface area contributed by atoms with E-state index >= 15 is 0 Å². The third-order valence-corrected chi connectivity index (χ3v) is 3.56. The number of methoxy groups -OCH3 is 2. The van der Waals surface area contributed by atoms with Gasteiger partial charge in [0, 0.05) is 6.42 Å². The first-order valence-corrected chi connectivity index (χ1v) is 7.17. The van der Waals surface area contributed by atoms with E-state index in [4.69, 9.17) is 14.2 Å². The number of benzene rings is 2. The first kappa shape index (κ1) is 16.7. The maximum atomic E-state index is 11.8. The molecule has 23 heavy (non-hydrogen) atoms. The molecule has 2 aromatic carbocycles. The van der Waals surface area contributed by atoms with Crippen molar-refractivity contribution in [3.63, 3.8) is 0 Å². The van der Waals surface area contributed by atoms with Gasteiger partial charge in [-0.05, 0) is 36.8 Å². The van der Waals surface area contributed by atoms with E-state index < -0.39 is 11.6 Å². The van der Waals surface area contributed by atoms with Crippen LogP contribution in [0.1, 0.15) is 12.5 Å². The van der Waals surface area contributed by atoms with Crippen molar-refractivity contribution >= 4 is 5.97 Å². The molecule has 122 valence electrons. The van der Waals surface area contributed by atoms with E-state index in [0.29, 0.717) is 11.5 Å². The predicted octanol–water partition coefficient (Wildman–Crippen LogP) is 3.17. The third-order valence-electron chi connectivity index (χ3n) is 3.56. The zero-order valence-electron chi connectivity index (χ0n) is 13.4. The molecule has 0 radical (unpaired) electrons. The molecule has 0 saturated carbocycles. The zero-order valence-corrected chi connectivity index (χ0v) is 13.4. The first-order valence-electron chi connectivity index (χ1n) is 7.17. The molecule has 0 aliphatic carbocycles. The highest BCUT2D eigenvalue weighted by atomic mass is 16.5. The second kappa shape index (κ2) is 7.05. The van der Waals surface area contributed by atoms with Gasteiger partial charge in [-0.15, -0.1) is 0 Å². The average molecular weight is 316 g/mol. The van der Waals surface area contributed by atoms with E-state index in [-0.39, 0.29) is 6.42 Å². The maximum absolute atomic E-state index is 11.8. The number of hydrogen-bond donors (Lipinski definition) is 1. The molecule has 2 aromatic rings. The number of carboxylic acids is 1. The Balaban J connectivity index is 2.26.